The normalized spacial score (nSPS) is 16.5. The number of rotatable bonds is 9. The number of amides is 1. The summed E-state index contributed by atoms with van der Waals surface area (Å²) in [5.41, 5.74) is 2.44. The van der Waals surface area contributed by atoms with Crippen molar-refractivity contribution in [2.24, 2.45) is 0 Å². The molecule has 2 unspecified atom stereocenters. The van der Waals surface area contributed by atoms with E-state index in [9.17, 15) is 9.59 Å². The summed E-state index contributed by atoms with van der Waals surface area (Å²) in [6, 6.07) is 48.8. The molecule has 214 valence electrons. The Morgan fingerprint density at radius 3 is 1.67 bits per heavy atom. The zero-order valence-electron chi connectivity index (χ0n) is 24.3. The molecule has 0 N–H and O–H groups in total. The van der Waals surface area contributed by atoms with Crippen LogP contribution in [-0.2, 0) is 0 Å². The quantitative estimate of drug-likeness (QED) is 0.141. The lowest BCUT2D eigenvalue weighted by Crippen LogP contribution is -2.39. The van der Waals surface area contributed by atoms with Gasteiger partial charge in [0.1, 0.15) is 6.29 Å². The molecule has 43 heavy (non-hydrogen) atoms. The minimum atomic E-state index is -0.679. The molecule has 0 spiro atoms. The van der Waals surface area contributed by atoms with E-state index in [1.54, 1.807) is 6.07 Å². The summed E-state index contributed by atoms with van der Waals surface area (Å²) in [5.74, 6) is 0.0557. The molecule has 1 heterocycles. The average molecular weight is 600 g/mol. The molecule has 6 rings (SSSR count). The molecule has 5 heteroatoms. The minimum absolute atomic E-state index is 0.0557. The summed E-state index contributed by atoms with van der Waals surface area (Å²) in [4.78, 5) is 28.0. The number of hydrogen-bond donors (Lipinski definition) is 0. The Kier molecular flexibility index (Phi) is 9.23. The summed E-state index contributed by atoms with van der Waals surface area (Å²) < 4.78 is 0. The van der Waals surface area contributed by atoms with Crippen molar-refractivity contribution < 1.29 is 9.59 Å². The number of carbonyl (C=O) groups excluding carboxylic acids is 2. The summed E-state index contributed by atoms with van der Waals surface area (Å²) in [7, 11) is -1.36. The van der Waals surface area contributed by atoms with E-state index in [2.05, 4.69) is 126 Å². The number of carbonyl (C=O) groups is 2. The Balaban J connectivity index is 1.40. The van der Waals surface area contributed by atoms with E-state index in [0.29, 0.717) is 23.3 Å². The Hall–Kier alpha value is -3.90. The molecular weight excluding hydrogens is 564 g/mol. The van der Waals surface area contributed by atoms with E-state index in [-0.39, 0.29) is 11.9 Å². The number of aldehydes is 1. The lowest BCUT2D eigenvalue weighted by Gasteiger charge is -2.29. The molecule has 1 saturated heterocycles. The van der Waals surface area contributed by atoms with Gasteiger partial charge in [0.2, 0.25) is 0 Å². The molecule has 0 radical (unpaired) electrons. The highest BCUT2D eigenvalue weighted by atomic mass is 31.1. The van der Waals surface area contributed by atoms with Gasteiger partial charge in [0.15, 0.2) is 0 Å². The van der Waals surface area contributed by atoms with Crippen molar-refractivity contribution in [2.45, 2.75) is 25.0 Å². The van der Waals surface area contributed by atoms with Gasteiger partial charge in [-0.2, -0.15) is 0 Å². The zero-order valence-corrected chi connectivity index (χ0v) is 26.1. The molecule has 5 aromatic rings. The number of benzene rings is 5. The second-order valence-electron chi connectivity index (χ2n) is 11.0. The van der Waals surface area contributed by atoms with Gasteiger partial charge in [-0.25, -0.2) is 0 Å². The van der Waals surface area contributed by atoms with Crippen LogP contribution in [0.3, 0.4) is 0 Å². The molecule has 0 bridgehead atoms. The van der Waals surface area contributed by atoms with Gasteiger partial charge in [-0.05, 0) is 74.3 Å². The molecule has 1 aliphatic heterocycles. The van der Waals surface area contributed by atoms with Crippen LogP contribution >= 0.6 is 15.8 Å². The monoisotopic (exact) mass is 599 g/mol. The lowest BCUT2D eigenvalue weighted by atomic mass is 10.1. The van der Waals surface area contributed by atoms with Crippen LogP contribution in [0, 0.1) is 6.92 Å². The lowest BCUT2D eigenvalue weighted by molar-refractivity contribution is 0.0749. The summed E-state index contributed by atoms with van der Waals surface area (Å²) in [6.07, 6.45) is 2.72. The fourth-order valence-corrected chi connectivity index (χ4v) is 11.6. The third-order valence-corrected chi connectivity index (χ3v) is 13.7. The molecule has 1 fully saturated rings. The van der Waals surface area contributed by atoms with Gasteiger partial charge in [-0.15, -0.1) is 0 Å². The van der Waals surface area contributed by atoms with Crippen molar-refractivity contribution in [2.75, 3.05) is 12.7 Å². The Bertz CT molecular complexity index is 1580. The molecule has 5 aromatic carbocycles. The fourth-order valence-electron chi connectivity index (χ4n) is 6.14. The van der Waals surface area contributed by atoms with Gasteiger partial charge >= 0.3 is 0 Å². The van der Waals surface area contributed by atoms with E-state index in [0.717, 1.165) is 24.4 Å². The van der Waals surface area contributed by atoms with E-state index in [1.807, 2.05) is 19.1 Å². The molecular formula is C38H35NO2P2. The zero-order chi connectivity index (χ0) is 29.6. The molecule has 3 nitrogen and oxygen atoms in total. The number of nitrogens with zero attached hydrogens (tertiary/aromatic N) is 1. The molecule has 0 saturated carbocycles. The molecule has 2 atom stereocenters. The Morgan fingerprint density at radius 1 is 0.721 bits per heavy atom. The average Bonchev–Trinajstić information content (AvgIpc) is 3.48. The summed E-state index contributed by atoms with van der Waals surface area (Å²) in [5, 5.41) is 5.36. The highest BCUT2D eigenvalue weighted by Crippen LogP contribution is 2.48. The summed E-state index contributed by atoms with van der Waals surface area (Å²) in [6.45, 7) is 2.61. The minimum Gasteiger partial charge on any atom is -0.335 e. The maximum absolute atomic E-state index is 14.4. The number of aryl methyl sites for hydroxylation is 1. The van der Waals surface area contributed by atoms with Crippen LogP contribution in [0.2, 0.25) is 0 Å². The highest BCUT2D eigenvalue weighted by Gasteiger charge is 2.41. The molecule has 1 aliphatic rings. The Morgan fingerprint density at radius 2 is 1.21 bits per heavy atom. The van der Waals surface area contributed by atoms with Crippen LogP contribution < -0.4 is 21.2 Å². The van der Waals surface area contributed by atoms with Crippen molar-refractivity contribution in [1.82, 2.24) is 4.90 Å². The van der Waals surface area contributed by atoms with Crippen molar-refractivity contribution in [3.63, 3.8) is 0 Å². The van der Waals surface area contributed by atoms with Crippen molar-refractivity contribution >= 4 is 49.3 Å². The van der Waals surface area contributed by atoms with Crippen LogP contribution in [0.15, 0.2) is 140 Å². The van der Waals surface area contributed by atoms with Crippen molar-refractivity contribution in [3.05, 3.63) is 156 Å². The van der Waals surface area contributed by atoms with Crippen LogP contribution in [-0.4, -0.2) is 41.5 Å². The van der Waals surface area contributed by atoms with E-state index < -0.39 is 15.8 Å². The van der Waals surface area contributed by atoms with Crippen LogP contribution in [0.25, 0.3) is 0 Å². The van der Waals surface area contributed by atoms with Crippen molar-refractivity contribution in [1.29, 1.82) is 0 Å². The largest absolute Gasteiger partial charge is 0.335 e. The topological polar surface area (TPSA) is 37.4 Å². The number of likely N-dealkylation sites (tertiary alicyclic amines) is 1. The van der Waals surface area contributed by atoms with Crippen LogP contribution in [0.5, 0.6) is 0 Å². The highest BCUT2D eigenvalue weighted by molar-refractivity contribution is 7.74. The van der Waals surface area contributed by atoms with Gasteiger partial charge in [0.05, 0.1) is 0 Å². The second kappa shape index (κ2) is 13.6. The first-order valence-corrected chi connectivity index (χ1v) is 17.7. The van der Waals surface area contributed by atoms with Gasteiger partial charge < -0.3 is 4.90 Å². The first-order chi connectivity index (χ1) is 21.1. The van der Waals surface area contributed by atoms with Crippen molar-refractivity contribution in [3.8, 4) is 0 Å². The predicted molar refractivity (Wildman–Crippen MR) is 183 cm³/mol. The van der Waals surface area contributed by atoms with E-state index >= 15 is 0 Å². The smallest absolute Gasteiger partial charge is 0.254 e. The molecule has 0 aromatic heterocycles. The fraction of sp³-hybridized carbons (Fsp3) is 0.158. The van der Waals surface area contributed by atoms with E-state index in [4.69, 9.17) is 0 Å². The van der Waals surface area contributed by atoms with Gasteiger partial charge in [0.25, 0.3) is 5.91 Å². The van der Waals surface area contributed by atoms with Gasteiger partial charge in [0, 0.05) is 29.4 Å². The maximum Gasteiger partial charge on any atom is 0.254 e. The molecule has 0 aliphatic carbocycles. The summed E-state index contributed by atoms with van der Waals surface area (Å²) >= 11 is 0. The van der Waals surface area contributed by atoms with Gasteiger partial charge in [-0.1, -0.05) is 127 Å². The van der Waals surface area contributed by atoms with Crippen LogP contribution in [0.1, 0.15) is 32.7 Å². The van der Waals surface area contributed by atoms with Gasteiger partial charge in [-0.3, -0.25) is 9.59 Å². The number of hydrogen-bond acceptors (Lipinski definition) is 2. The van der Waals surface area contributed by atoms with E-state index in [1.165, 1.54) is 21.2 Å². The maximum atomic E-state index is 14.4. The third-order valence-electron chi connectivity index (χ3n) is 8.26. The van der Waals surface area contributed by atoms with Crippen LogP contribution in [0.4, 0.5) is 0 Å². The third kappa shape index (κ3) is 6.54. The first kappa shape index (κ1) is 29.2. The SMILES string of the molecule is Cc1cc(C(=O)N2CC(P(c3ccccc3)c3ccccc3)CC2CP(c2ccccc2)c2ccccc2)ccc1C=O. The first-order valence-electron chi connectivity index (χ1n) is 14.8. The predicted octanol–water partition coefficient (Wildman–Crippen LogP) is 6.66. The standard InChI is InChI=1S/C38H35NO2P2/c1-29-24-30(22-23-31(29)27-40)38(41)39-26-37(43(35-18-10-4-11-19-35)36-20-12-5-13-21-36)25-32(39)28-42(33-14-6-2-7-15-33)34-16-8-3-9-17-34/h2-24,27,32,37H,25-26,28H2,1H3. The molecule has 1 amide bonds. The second-order valence-corrected chi connectivity index (χ2v) is 15.8. The Labute approximate surface area is 257 Å².